The first-order chi connectivity index (χ1) is 10.0. The Morgan fingerprint density at radius 2 is 2.10 bits per heavy atom. The van der Waals surface area contributed by atoms with Gasteiger partial charge in [0, 0.05) is 0 Å². The number of hydrogen-bond acceptors (Lipinski definition) is 4. The number of rotatable bonds is 5. The Balaban J connectivity index is 1.96. The van der Waals surface area contributed by atoms with Crippen LogP contribution in [0, 0.1) is 12.8 Å². The predicted molar refractivity (Wildman–Crippen MR) is 82.9 cm³/mol. The summed E-state index contributed by atoms with van der Waals surface area (Å²) in [6.07, 6.45) is 1.66. The summed E-state index contributed by atoms with van der Waals surface area (Å²) in [5, 5.41) is 9.62. The van der Waals surface area contributed by atoms with Gasteiger partial charge in [-0.3, -0.25) is 9.69 Å². The van der Waals surface area contributed by atoms with Crippen molar-refractivity contribution >= 4 is 5.78 Å². The Labute approximate surface area is 126 Å². The van der Waals surface area contributed by atoms with Gasteiger partial charge in [-0.2, -0.15) is 0 Å². The van der Waals surface area contributed by atoms with E-state index in [4.69, 9.17) is 4.74 Å². The second-order valence-electron chi connectivity index (χ2n) is 5.98. The second-order valence-corrected chi connectivity index (χ2v) is 5.98. The van der Waals surface area contributed by atoms with Crippen LogP contribution in [0.4, 0.5) is 0 Å². The fraction of sp³-hybridized carbons (Fsp3) is 0.588. The number of benzene rings is 1. The van der Waals surface area contributed by atoms with E-state index >= 15 is 0 Å². The van der Waals surface area contributed by atoms with Gasteiger partial charge in [0.05, 0.1) is 25.3 Å². The molecule has 0 aliphatic carbocycles. The number of aryl methyl sites for hydroxylation is 1. The lowest BCUT2D eigenvalue weighted by Gasteiger charge is -2.32. The van der Waals surface area contributed by atoms with Gasteiger partial charge in [-0.25, -0.2) is 0 Å². The Morgan fingerprint density at radius 1 is 1.43 bits per heavy atom. The average molecular weight is 291 g/mol. The van der Waals surface area contributed by atoms with Crippen LogP contribution in [0.5, 0.6) is 5.75 Å². The van der Waals surface area contributed by atoms with Gasteiger partial charge in [0.1, 0.15) is 5.75 Å². The molecule has 4 nitrogen and oxygen atoms in total. The number of methoxy groups -OCH3 is 1. The van der Waals surface area contributed by atoms with Crippen molar-refractivity contribution in [1.29, 1.82) is 0 Å². The van der Waals surface area contributed by atoms with Crippen LogP contribution >= 0.6 is 0 Å². The van der Waals surface area contributed by atoms with Gasteiger partial charge in [-0.05, 0) is 63.4 Å². The molecule has 1 unspecified atom stereocenters. The molecule has 0 amide bonds. The smallest absolute Gasteiger partial charge is 0.180 e. The molecule has 21 heavy (non-hydrogen) atoms. The zero-order valence-electron chi connectivity index (χ0n) is 13.1. The highest BCUT2D eigenvalue weighted by Crippen LogP contribution is 2.23. The average Bonchev–Trinajstić information content (AvgIpc) is 2.47. The highest BCUT2D eigenvalue weighted by Gasteiger charge is 2.24. The van der Waals surface area contributed by atoms with Crippen LogP contribution in [-0.2, 0) is 0 Å². The number of carbonyl (C=O) groups is 1. The van der Waals surface area contributed by atoms with Crippen molar-refractivity contribution in [2.75, 3.05) is 26.7 Å². The lowest BCUT2D eigenvalue weighted by Crippen LogP contribution is -2.39. The van der Waals surface area contributed by atoms with Gasteiger partial charge in [-0.15, -0.1) is 0 Å². The van der Waals surface area contributed by atoms with Crippen LogP contribution in [0.25, 0.3) is 0 Å². The molecule has 1 fully saturated rings. The van der Waals surface area contributed by atoms with Crippen molar-refractivity contribution in [2.24, 2.45) is 5.92 Å². The van der Waals surface area contributed by atoms with Crippen LogP contribution in [0.2, 0.25) is 0 Å². The lowest BCUT2D eigenvalue weighted by molar-refractivity contribution is 0.0663. The third-order valence-electron chi connectivity index (χ3n) is 4.34. The monoisotopic (exact) mass is 291 g/mol. The van der Waals surface area contributed by atoms with Crippen LogP contribution < -0.4 is 4.74 Å². The van der Waals surface area contributed by atoms with Gasteiger partial charge >= 0.3 is 0 Å². The second kappa shape index (κ2) is 7.05. The maximum Gasteiger partial charge on any atom is 0.180 e. The summed E-state index contributed by atoms with van der Waals surface area (Å²) in [4.78, 5) is 14.6. The van der Waals surface area contributed by atoms with Crippen molar-refractivity contribution < 1.29 is 14.6 Å². The molecule has 1 N–H and O–H groups in total. The molecule has 1 aromatic carbocycles. The molecular weight excluding hydrogens is 266 g/mol. The maximum absolute atomic E-state index is 12.4. The van der Waals surface area contributed by atoms with Gasteiger partial charge in [0.15, 0.2) is 5.78 Å². The van der Waals surface area contributed by atoms with E-state index in [-0.39, 0.29) is 11.9 Å². The van der Waals surface area contributed by atoms with Gasteiger partial charge in [0.2, 0.25) is 0 Å². The van der Waals surface area contributed by atoms with E-state index in [9.17, 15) is 9.90 Å². The van der Waals surface area contributed by atoms with E-state index in [1.54, 1.807) is 7.11 Å². The summed E-state index contributed by atoms with van der Waals surface area (Å²) in [6, 6.07) is 5.68. The third-order valence-corrected chi connectivity index (χ3v) is 4.34. The van der Waals surface area contributed by atoms with Crippen LogP contribution in [0.3, 0.4) is 0 Å². The van der Waals surface area contributed by atoms with Crippen LogP contribution in [0.15, 0.2) is 18.2 Å². The van der Waals surface area contributed by atoms with Crippen LogP contribution in [0.1, 0.15) is 35.7 Å². The third kappa shape index (κ3) is 4.05. The Hall–Kier alpha value is -1.39. The van der Waals surface area contributed by atoms with E-state index in [1.807, 2.05) is 32.0 Å². The molecule has 0 bridgehead atoms. The largest absolute Gasteiger partial charge is 0.496 e. The van der Waals surface area contributed by atoms with Crippen molar-refractivity contribution in [3.8, 4) is 5.75 Å². The molecule has 116 valence electrons. The predicted octanol–water partition coefficient (Wildman–Crippen LogP) is 2.28. The Bertz CT molecular complexity index is 491. The van der Waals surface area contributed by atoms with Crippen molar-refractivity contribution in [3.05, 3.63) is 29.3 Å². The fourth-order valence-corrected chi connectivity index (χ4v) is 2.91. The van der Waals surface area contributed by atoms with Gasteiger partial charge in [-0.1, -0.05) is 6.07 Å². The summed E-state index contributed by atoms with van der Waals surface area (Å²) in [5.74, 6) is 1.12. The zero-order valence-corrected chi connectivity index (χ0v) is 13.1. The Morgan fingerprint density at radius 3 is 2.67 bits per heavy atom. The molecule has 0 aromatic heterocycles. The quantitative estimate of drug-likeness (QED) is 0.846. The minimum Gasteiger partial charge on any atom is -0.496 e. The lowest BCUT2D eigenvalue weighted by atomic mass is 9.92. The number of carbonyl (C=O) groups excluding carboxylic acids is 1. The summed E-state index contributed by atoms with van der Waals surface area (Å²) in [7, 11) is 1.60. The first-order valence-electron chi connectivity index (χ1n) is 7.59. The number of Topliss-reactive ketones (excluding diaryl/α,β-unsaturated/α-hetero) is 1. The molecule has 0 saturated carbocycles. The number of piperidine rings is 1. The van der Waals surface area contributed by atoms with Crippen LogP contribution in [-0.4, -0.2) is 48.6 Å². The van der Waals surface area contributed by atoms with Crippen molar-refractivity contribution in [1.82, 2.24) is 4.90 Å². The van der Waals surface area contributed by atoms with E-state index in [0.717, 1.165) is 31.5 Å². The molecular formula is C17H25NO3. The molecule has 1 aliphatic heterocycles. The number of nitrogens with zero attached hydrogens (tertiary/aromatic N) is 1. The molecule has 1 atom stereocenters. The van der Waals surface area contributed by atoms with E-state index in [0.29, 0.717) is 23.8 Å². The molecule has 1 heterocycles. The Kier molecular flexibility index (Phi) is 5.37. The van der Waals surface area contributed by atoms with Crippen molar-refractivity contribution in [3.63, 3.8) is 0 Å². The van der Waals surface area contributed by atoms with Crippen molar-refractivity contribution in [2.45, 2.75) is 32.8 Å². The topological polar surface area (TPSA) is 49.8 Å². The molecule has 0 radical (unpaired) electrons. The van der Waals surface area contributed by atoms with E-state index < -0.39 is 0 Å². The minimum atomic E-state index is -0.250. The number of ether oxygens (including phenoxy) is 1. The zero-order chi connectivity index (χ0) is 15.4. The summed E-state index contributed by atoms with van der Waals surface area (Å²) in [5.41, 5.74) is 1.74. The standard InChI is InChI=1S/C17H25NO3/c1-12-4-5-15(17(10-12)21-3)16(20)11-18-8-6-14(7-9-18)13(2)19/h4-5,10,13-14,19H,6-9,11H2,1-3H3. The number of aliphatic hydroxyl groups is 1. The maximum atomic E-state index is 12.4. The van der Waals surface area contributed by atoms with Gasteiger partial charge in [0.25, 0.3) is 0 Å². The number of likely N-dealkylation sites (tertiary alicyclic amines) is 1. The molecule has 1 aliphatic rings. The normalized spacial score (nSPS) is 18.5. The molecule has 1 saturated heterocycles. The number of hydrogen-bond donors (Lipinski definition) is 1. The van der Waals surface area contributed by atoms with E-state index in [2.05, 4.69) is 4.90 Å². The summed E-state index contributed by atoms with van der Waals surface area (Å²) in [6.45, 7) is 6.00. The number of ketones is 1. The number of aliphatic hydroxyl groups excluding tert-OH is 1. The molecule has 4 heteroatoms. The summed E-state index contributed by atoms with van der Waals surface area (Å²) < 4.78 is 5.31. The minimum absolute atomic E-state index is 0.0994. The summed E-state index contributed by atoms with van der Waals surface area (Å²) >= 11 is 0. The molecule has 2 rings (SSSR count). The van der Waals surface area contributed by atoms with E-state index in [1.165, 1.54) is 0 Å². The van der Waals surface area contributed by atoms with Gasteiger partial charge < -0.3 is 9.84 Å². The first kappa shape index (κ1) is 16.0. The first-order valence-corrected chi connectivity index (χ1v) is 7.59. The highest BCUT2D eigenvalue weighted by atomic mass is 16.5. The fourth-order valence-electron chi connectivity index (χ4n) is 2.91. The molecule has 0 spiro atoms. The molecule has 1 aromatic rings. The highest BCUT2D eigenvalue weighted by molar-refractivity contribution is 6.00. The SMILES string of the molecule is COc1cc(C)ccc1C(=O)CN1CCC(C(C)O)CC1.